The first kappa shape index (κ1) is 43.3. The van der Waals surface area contributed by atoms with Crippen molar-refractivity contribution in [3.63, 3.8) is 0 Å². The summed E-state index contributed by atoms with van der Waals surface area (Å²) in [6, 6.07) is 68.8. The minimum atomic E-state index is -0.350. The number of benzene rings is 8. The van der Waals surface area contributed by atoms with Crippen LogP contribution in [0.3, 0.4) is 0 Å². The van der Waals surface area contributed by atoms with Crippen LogP contribution in [0.15, 0.2) is 194 Å². The summed E-state index contributed by atoms with van der Waals surface area (Å²) in [5.41, 5.74) is 16.4. The summed E-state index contributed by atoms with van der Waals surface area (Å²) in [4.78, 5) is 12.3. The molecule has 1 aliphatic rings. The highest BCUT2D eigenvalue weighted by atomic mass is 16.5. The second kappa shape index (κ2) is 21.1. The molecule has 1 saturated carbocycles. The normalized spacial score (nSPS) is 12.6. The highest BCUT2D eigenvalue weighted by Gasteiger charge is 2.26. The zero-order valence-corrected chi connectivity index (χ0v) is 37.0. The molecule has 0 bridgehead atoms. The van der Waals surface area contributed by atoms with Gasteiger partial charge in [-0.25, -0.2) is 0 Å². The van der Waals surface area contributed by atoms with Crippen LogP contribution in [0.5, 0.6) is 11.5 Å². The largest absolute Gasteiger partial charge is 0.494 e. The fraction of sp³-hybridized carbons (Fsp3) is 0.129. The maximum atomic E-state index is 12.3. The third kappa shape index (κ3) is 11.0. The fourth-order valence-corrected chi connectivity index (χ4v) is 8.34. The summed E-state index contributed by atoms with van der Waals surface area (Å²) in [5.74, 6) is 1.67. The molecule has 0 aliphatic heterocycles. The number of unbranched alkanes of at least 4 members (excludes halogenated alkanes) is 5. The molecule has 9 rings (SSSR count). The number of ether oxygens (including phenoxy) is 2. The Morgan fingerprint density at radius 3 is 0.862 bits per heavy atom. The Kier molecular flexibility index (Phi) is 14.1. The van der Waals surface area contributed by atoms with E-state index in [1.165, 1.54) is 87.7 Å². The maximum Gasteiger partial charge on any atom is 0.319 e. The van der Waals surface area contributed by atoms with Crippen LogP contribution in [0.1, 0.15) is 45.4 Å². The van der Waals surface area contributed by atoms with E-state index in [2.05, 4.69) is 177 Å². The molecule has 1 fully saturated rings. The lowest BCUT2D eigenvalue weighted by Gasteiger charge is -2.10. The van der Waals surface area contributed by atoms with Crippen molar-refractivity contribution in [1.29, 1.82) is 0 Å². The lowest BCUT2D eigenvalue weighted by Crippen LogP contribution is -2.16. The van der Waals surface area contributed by atoms with E-state index in [1.54, 1.807) is 12.8 Å². The Bertz CT molecular complexity index is 2730. The molecule has 319 valence electrons. The van der Waals surface area contributed by atoms with Crippen molar-refractivity contribution >= 4 is 5.97 Å². The third-order valence-corrected chi connectivity index (χ3v) is 12.2. The number of hydrogen-bond donors (Lipinski definition) is 0. The summed E-state index contributed by atoms with van der Waals surface area (Å²) >= 11 is 0. The van der Waals surface area contributed by atoms with Crippen LogP contribution >= 0.6 is 0 Å². The standard InChI is InChI=1S/C62H53O3/c1-2-3-4-5-6-9-44-64-60-40-36-57(37-41-60)55-32-28-53(29-33-55)51-24-20-49(21-25-51)47-16-12-45(13-17-47)46-14-18-48(19-15-46)50-22-26-52(27-23-50)54-30-34-56(35-31-54)58-38-42-61(43-39-58)65-62(63)59-10-7-8-11-59/h7-8,10-43H,2-6,9,44H2,1H3. The average Bonchev–Trinajstić information content (AvgIpc) is 3.93. The van der Waals surface area contributed by atoms with Crippen LogP contribution in [0.25, 0.3) is 77.9 Å². The summed E-state index contributed by atoms with van der Waals surface area (Å²) < 4.78 is 11.5. The fourth-order valence-electron chi connectivity index (χ4n) is 8.34. The number of rotatable bonds is 17. The van der Waals surface area contributed by atoms with E-state index >= 15 is 0 Å². The van der Waals surface area contributed by atoms with Crippen LogP contribution in [0.4, 0.5) is 0 Å². The molecule has 5 radical (unpaired) electrons. The average molecular weight is 846 g/mol. The van der Waals surface area contributed by atoms with Gasteiger partial charge in [0.25, 0.3) is 0 Å². The number of esters is 1. The van der Waals surface area contributed by atoms with Gasteiger partial charge in [0.1, 0.15) is 11.5 Å². The van der Waals surface area contributed by atoms with Crippen molar-refractivity contribution in [2.24, 2.45) is 0 Å². The van der Waals surface area contributed by atoms with Crippen LogP contribution in [-0.2, 0) is 4.79 Å². The van der Waals surface area contributed by atoms with Gasteiger partial charge in [-0.2, -0.15) is 0 Å². The Balaban J connectivity index is 0.760. The smallest absolute Gasteiger partial charge is 0.319 e. The highest BCUT2D eigenvalue weighted by Crippen LogP contribution is 2.33. The lowest BCUT2D eigenvalue weighted by atomic mass is 9.95. The minimum Gasteiger partial charge on any atom is -0.494 e. The van der Waals surface area contributed by atoms with Gasteiger partial charge in [-0.3, -0.25) is 4.79 Å². The molecular weight excluding hydrogens is 793 g/mol. The molecule has 65 heavy (non-hydrogen) atoms. The van der Waals surface area contributed by atoms with Crippen molar-refractivity contribution in [3.05, 3.63) is 226 Å². The van der Waals surface area contributed by atoms with Crippen molar-refractivity contribution in [2.75, 3.05) is 6.61 Å². The van der Waals surface area contributed by atoms with Gasteiger partial charge in [-0.05, 0) is 134 Å². The molecule has 3 heteroatoms. The zero-order chi connectivity index (χ0) is 44.2. The molecule has 8 aromatic carbocycles. The molecule has 0 heterocycles. The van der Waals surface area contributed by atoms with E-state index in [9.17, 15) is 4.79 Å². The van der Waals surface area contributed by atoms with Crippen LogP contribution in [0.2, 0.25) is 0 Å². The van der Waals surface area contributed by atoms with Crippen LogP contribution < -0.4 is 9.47 Å². The van der Waals surface area contributed by atoms with Crippen molar-refractivity contribution in [3.8, 4) is 89.4 Å². The van der Waals surface area contributed by atoms with Crippen LogP contribution in [0, 0.1) is 31.6 Å². The number of hydrogen-bond acceptors (Lipinski definition) is 3. The Morgan fingerprint density at radius 2 is 0.569 bits per heavy atom. The molecule has 0 atom stereocenters. The lowest BCUT2D eigenvalue weighted by molar-refractivity contribution is -0.131. The SMILES string of the molecule is CCCCCCCCOc1ccc(-c2ccc(-c3ccc(-c4ccc(-c5ccc(-c6ccc(-c7ccc(-c8ccc(OC(=O)[C]9[CH][CH][CH][CH]9)cc8)cc7)cc6)cc5)cc4)cc3)cc2)cc1. The predicted molar refractivity (Wildman–Crippen MR) is 269 cm³/mol. The first-order valence-corrected chi connectivity index (χ1v) is 23.0. The zero-order valence-electron chi connectivity index (χ0n) is 37.0. The molecule has 0 aromatic heterocycles. The quantitative estimate of drug-likeness (QED) is 0.0520. The van der Waals surface area contributed by atoms with Crippen molar-refractivity contribution in [2.45, 2.75) is 45.4 Å². The molecule has 1 aliphatic carbocycles. The first-order valence-electron chi connectivity index (χ1n) is 23.0. The van der Waals surface area contributed by atoms with Gasteiger partial charge in [0.2, 0.25) is 0 Å². The molecule has 0 saturated heterocycles. The van der Waals surface area contributed by atoms with Gasteiger partial charge in [-0.1, -0.05) is 209 Å². The molecule has 0 amide bonds. The van der Waals surface area contributed by atoms with E-state index < -0.39 is 0 Å². The summed E-state index contributed by atoms with van der Waals surface area (Å²) in [7, 11) is 0. The maximum absolute atomic E-state index is 12.3. The van der Waals surface area contributed by atoms with Crippen LogP contribution in [-0.4, -0.2) is 12.6 Å². The number of carbonyl (C=O) groups is 1. The minimum absolute atomic E-state index is 0.350. The van der Waals surface area contributed by atoms with E-state index in [0.29, 0.717) is 11.7 Å². The summed E-state index contributed by atoms with van der Waals surface area (Å²) in [6.07, 6.45) is 14.8. The molecular formula is C62H53O3. The van der Waals surface area contributed by atoms with E-state index in [0.717, 1.165) is 41.0 Å². The van der Waals surface area contributed by atoms with Crippen molar-refractivity contribution < 1.29 is 14.3 Å². The van der Waals surface area contributed by atoms with E-state index in [4.69, 9.17) is 9.47 Å². The molecule has 0 N–H and O–H groups in total. The van der Waals surface area contributed by atoms with Gasteiger partial charge in [0, 0.05) is 0 Å². The summed E-state index contributed by atoms with van der Waals surface area (Å²) in [6.45, 7) is 3.04. The topological polar surface area (TPSA) is 35.5 Å². The Morgan fingerprint density at radius 1 is 0.323 bits per heavy atom. The Hall–Kier alpha value is -6.97. The first-order chi connectivity index (χ1) is 32.1. The number of carbonyl (C=O) groups excluding carboxylic acids is 1. The second-order valence-electron chi connectivity index (χ2n) is 16.7. The third-order valence-electron chi connectivity index (χ3n) is 12.2. The van der Waals surface area contributed by atoms with Crippen molar-refractivity contribution in [1.82, 2.24) is 0 Å². The van der Waals surface area contributed by atoms with Gasteiger partial charge >= 0.3 is 5.97 Å². The Labute approximate surface area is 385 Å². The molecule has 3 nitrogen and oxygen atoms in total. The molecule has 8 aromatic rings. The van der Waals surface area contributed by atoms with E-state index in [-0.39, 0.29) is 5.97 Å². The van der Waals surface area contributed by atoms with Gasteiger partial charge in [0.15, 0.2) is 0 Å². The van der Waals surface area contributed by atoms with Gasteiger partial charge in [0.05, 0.1) is 12.5 Å². The van der Waals surface area contributed by atoms with Gasteiger partial charge in [-0.15, -0.1) is 0 Å². The van der Waals surface area contributed by atoms with E-state index in [1.807, 2.05) is 37.1 Å². The highest BCUT2D eigenvalue weighted by molar-refractivity contribution is 5.93. The molecule has 0 unspecified atom stereocenters. The monoisotopic (exact) mass is 845 g/mol. The molecule has 0 spiro atoms. The predicted octanol–water partition coefficient (Wildman–Crippen LogP) is 16.4. The van der Waals surface area contributed by atoms with Gasteiger partial charge < -0.3 is 9.47 Å². The summed E-state index contributed by atoms with van der Waals surface area (Å²) in [5, 5.41) is 0. The second-order valence-corrected chi connectivity index (χ2v) is 16.7.